The Balaban J connectivity index is 1.57. The lowest BCUT2D eigenvalue weighted by Crippen LogP contribution is -2.39. The lowest BCUT2D eigenvalue weighted by atomic mass is 9.99. The van der Waals surface area contributed by atoms with Crippen molar-refractivity contribution in [1.82, 2.24) is 15.0 Å². The Hall–Kier alpha value is -3.77. The van der Waals surface area contributed by atoms with Crippen LogP contribution in [0.5, 0.6) is 11.6 Å². The minimum Gasteiger partial charge on any atom is -0.479 e. The standard InChI is InChI=1S/C26H29N5O6S/c1-15(32)28-22-11-20(18(12-27-22)19-5-6-21-25(30-19)36-14-26(2,3)37-21)29-23-9-17(16-7-8-35-13-16)10-24(31-23)38(4,33)34/h5-6,9-12,16H,7-8,13-14H2,1-4H3,(H2,27,28,29,31,32). The summed E-state index contributed by atoms with van der Waals surface area (Å²) < 4.78 is 42.2. The maximum atomic E-state index is 12.4. The lowest BCUT2D eigenvalue weighted by molar-refractivity contribution is -0.114. The largest absolute Gasteiger partial charge is 0.479 e. The van der Waals surface area contributed by atoms with Crippen LogP contribution in [0.2, 0.25) is 0 Å². The van der Waals surface area contributed by atoms with E-state index in [1.807, 2.05) is 19.9 Å². The molecule has 1 atom stereocenters. The van der Waals surface area contributed by atoms with Gasteiger partial charge in [-0.3, -0.25) is 4.79 Å². The van der Waals surface area contributed by atoms with Crippen LogP contribution in [0.3, 0.4) is 0 Å². The molecule has 2 aliphatic rings. The summed E-state index contributed by atoms with van der Waals surface area (Å²) in [5, 5.41) is 5.87. The first-order valence-corrected chi connectivity index (χ1v) is 14.0. The lowest BCUT2D eigenvalue weighted by Gasteiger charge is -2.31. The maximum absolute atomic E-state index is 12.4. The van der Waals surface area contributed by atoms with E-state index in [9.17, 15) is 13.2 Å². The number of nitrogens with one attached hydrogen (secondary N) is 2. The number of aromatic nitrogens is 3. The summed E-state index contributed by atoms with van der Waals surface area (Å²) in [5.74, 6) is 1.32. The number of hydrogen-bond donors (Lipinski definition) is 2. The van der Waals surface area contributed by atoms with Crippen molar-refractivity contribution in [1.29, 1.82) is 0 Å². The number of anilines is 3. The van der Waals surface area contributed by atoms with Gasteiger partial charge in [0.05, 0.1) is 18.0 Å². The summed E-state index contributed by atoms with van der Waals surface area (Å²) in [6, 6.07) is 8.62. The fourth-order valence-corrected chi connectivity index (χ4v) is 4.90. The Morgan fingerprint density at radius 2 is 1.95 bits per heavy atom. The van der Waals surface area contributed by atoms with Gasteiger partial charge in [0, 0.05) is 43.5 Å². The highest BCUT2D eigenvalue weighted by atomic mass is 32.2. The molecule has 1 fully saturated rings. The van der Waals surface area contributed by atoms with E-state index in [0.29, 0.717) is 60.0 Å². The summed E-state index contributed by atoms with van der Waals surface area (Å²) in [6.07, 6.45) is 3.49. The number of amides is 1. The van der Waals surface area contributed by atoms with E-state index in [0.717, 1.165) is 18.2 Å². The number of fused-ring (bicyclic) bond motifs is 1. The number of carbonyl (C=O) groups is 1. The van der Waals surface area contributed by atoms with Crippen LogP contribution >= 0.6 is 0 Å². The van der Waals surface area contributed by atoms with Crippen LogP contribution in [0.4, 0.5) is 17.3 Å². The number of nitrogens with zero attached hydrogens (tertiary/aromatic N) is 3. The minimum absolute atomic E-state index is 0.0397. The van der Waals surface area contributed by atoms with Crippen molar-refractivity contribution in [3.05, 3.63) is 42.1 Å². The highest BCUT2D eigenvalue weighted by Crippen LogP contribution is 2.38. The molecule has 1 amide bonds. The molecule has 1 unspecified atom stereocenters. The van der Waals surface area contributed by atoms with Gasteiger partial charge in [-0.1, -0.05) is 0 Å². The van der Waals surface area contributed by atoms with Crippen LogP contribution < -0.4 is 20.1 Å². The van der Waals surface area contributed by atoms with Crippen LogP contribution in [0.15, 0.2) is 41.6 Å². The highest BCUT2D eigenvalue weighted by Gasteiger charge is 2.29. The van der Waals surface area contributed by atoms with Gasteiger partial charge in [0.25, 0.3) is 5.88 Å². The maximum Gasteiger partial charge on any atom is 0.257 e. The molecule has 5 heterocycles. The van der Waals surface area contributed by atoms with Gasteiger partial charge < -0.3 is 24.8 Å². The number of pyridine rings is 3. The van der Waals surface area contributed by atoms with Gasteiger partial charge in [0.15, 0.2) is 20.6 Å². The molecular formula is C26H29N5O6S. The topological polar surface area (TPSA) is 142 Å². The molecule has 0 aromatic carbocycles. The van der Waals surface area contributed by atoms with Gasteiger partial charge in [0.1, 0.15) is 23.8 Å². The zero-order chi connectivity index (χ0) is 27.1. The second-order valence-corrected chi connectivity index (χ2v) is 12.0. The molecule has 38 heavy (non-hydrogen) atoms. The molecule has 5 rings (SSSR count). The third-order valence-corrected chi connectivity index (χ3v) is 7.09. The average molecular weight is 540 g/mol. The van der Waals surface area contributed by atoms with E-state index < -0.39 is 15.4 Å². The van der Waals surface area contributed by atoms with Crippen molar-refractivity contribution in [3.8, 4) is 22.9 Å². The number of sulfone groups is 1. The molecule has 11 nitrogen and oxygen atoms in total. The number of rotatable bonds is 6. The fraction of sp³-hybridized carbons (Fsp3) is 0.385. The van der Waals surface area contributed by atoms with Crippen molar-refractivity contribution in [2.45, 2.75) is 43.7 Å². The Labute approximate surface area is 220 Å². The summed E-state index contributed by atoms with van der Waals surface area (Å²) in [7, 11) is -3.58. The Kier molecular flexibility index (Phi) is 6.70. The SMILES string of the molecule is CC(=O)Nc1cc(Nc2cc(C3CCOC3)cc(S(C)(=O)=O)n2)c(-c2ccc3c(n2)OCC(C)(C)O3)cn1. The zero-order valence-corrected chi connectivity index (χ0v) is 22.4. The summed E-state index contributed by atoms with van der Waals surface area (Å²) >= 11 is 0. The molecule has 12 heteroatoms. The van der Waals surface area contributed by atoms with Crippen LogP contribution in [0, 0.1) is 0 Å². The quantitative estimate of drug-likeness (QED) is 0.476. The Bertz CT molecular complexity index is 1500. The molecule has 0 radical (unpaired) electrons. The molecule has 200 valence electrons. The zero-order valence-electron chi connectivity index (χ0n) is 21.6. The van der Waals surface area contributed by atoms with Crippen LogP contribution in [-0.4, -0.2) is 61.0 Å². The number of hydrogen-bond acceptors (Lipinski definition) is 10. The fourth-order valence-electron chi connectivity index (χ4n) is 4.29. The van der Waals surface area contributed by atoms with Crippen molar-refractivity contribution in [2.75, 3.05) is 36.7 Å². The monoisotopic (exact) mass is 539 g/mol. The summed E-state index contributed by atoms with van der Waals surface area (Å²) in [5.41, 5.74) is 1.99. The normalized spacial score (nSPS) is 18.2. The summed E-state index contributed by atoms with van der Waals surface area (Å²) in [6.45, 7) is 6.72. The van der Waals surface area contributed by atoms with E-state index in [1.54, 1.807) is 30.5 Å². The predicted molar refractivity (Wildman–Crippen MR) is 141 cm³/mol. The molecule has 0 spiro atoms. The molecule has 0 aliphatic carbocycles. The molecule has 3 aromatic heterocycles. The van der Waals surface area contributed by atoms with E-state index >= 15 is 0 Å². The van der Waals surface area contributed by atoms with Gasteiger partial charge in [0.2, 0.25) is 5.91 Å². The van der Waals surface area contributed by atoms with Crippen LogP contribution in [0.1, 0.15) is 38.7 Å². The van der Waals surface area contributed by atoms with Crippen LogP contribution in [0.25, 0.3) is 11.3 Å². The highest BCUT2D eigenvalue weighted by molar-refractivity contribution is 7.90. The van der Waals surface area contributed by atoms with Crippen molar-refractivity contribution in [3.63, 3.8) is 0 Å². The third kappa shape index (κ3) is 5.70. The van der Waals surface area contributed by atoms with Crippen LogP contribution in [-0.2, 0) is 19.4 Å². The molecule has 3 aromatic rings. The van der Waals surface area contributed by atoms with Gasteiger partial charge in [-0.2, -0.15) is 0 Å². The molecular weight excluding hydrogens is 510 g/mol. The average Bonchev–Trinajstić information content (AvgIpc) is 3.38. The van der Waals surface area contributed by atoms with Crippen molar-refractivity contribution < 1.29 is 27.4 Å². The minimum atomic E-state index is -3.58. The molecule has 1 saturated heterocycles. The van der Waals surface area contributed by atoms with Gasteiger partial charge in [-0.25, -0.2) is 23.4 Å². The van der Waals surface area contributed by atoms with Gasteiger partial charge in [-0.05, 0) is 50.1 Å². The molecule has 0 saturated carbocycles. The Morgan fingerprint density at radius 3 is 2.66 bits per heavy atom. The summed E-state index contributed by atoms with van der Waals surface area (Å²) in [4.78, 5) is 25.0. The molecule has 0 bridgehead atoms. The molecule has 2 N–H and O–H groups in total. The van der Waals surface area contributed by atoms with Crippen molar-refractivity contribution in [2.24, 2.45) is 0 Å². The first-order chi connectivity index (χ1) is 18.0. The van der Waals surface area contributed by atoms with E-state index in [2.05, 4.69) is 25.6 Å². The first kappa shape index (κ1) is 25.9. The molecule has 2 aliphatic heterocycles. The van der Waals surface area contributed by atoms with E-state index in [1.165, 1.54) is 6.92 Å². The second-order valence-electron chi connectivity index (χ2n) is 10.0. The third-order valence-electron chi connectivity index (χ3n) is 6.12. The predicted octanol–water partition coefficient (Wildman–Crippen LogP) is 3.70. The number of ether oxygens (including phenoxy) is 3. The van der Waals surface area contributed by atoms with Gasteiger partial charge in [-0.15, -0.1) is 0 Å². The first-order valence-electron chi connectivity index (χ1n) is 12.1. The Morgan fingerprint density at radius 1 is 1.13 bits per heavy atom. The smallest absolute Gasteiger partial charge is 0.257 e. The van der Waals surface area contributed by atoms with E-state index in [4.69, 9.17) is 14.2 Å². The van der Waals surface area contributed by atoms with Crippen molar-refractivity contribution >= 4 is 33.1 Å². The van der Waals surface area contributed by atoms with Gasteiger partial charge >= 0.3 is 0 Å². The van der Waals surface area contributed by atoms with E-state index in [-0.39, 0.29) is 16.9 Å². The number of carbonyl (C=O) groups excluding carboxylic acids is 1. The second kappa shape index (κ2) is 9.84.